The van der Waals surface area contributed by atoms with Crippen LogP contribution in [-0.4, -0.2) is 45.8 Å². The lowest BCUT2D eigenvalue weighted by atomic mass is 9.77. The number of rotatable bonds is 5. The second-order valence-corrected chi connectivity index (χ2v) is 7.20. The number of piperidine rings is 1. The summed E-state index contributed by atoms with van der Waals surface area (Å²) in [6, 6.07) is 3.81. The van der Waals surface area contributed by atoms with Crippen LogP contribution in [-0.2, 0) is 0 Å². The molecule has 2 N–H and O–H groups in total. The van der Waals surface area contributed by atoms with E-state index in [1.807, 2.05) is 27.8 Å². The third-order valence-electron chi connectivity index (χ3n) is 4.69. The highest BCUT2D eigenvalue weighted by molar-refractivity contribution is 7.08. The second kappa shape index (κ2) is 6.84. The van der Waals surface area contributed by atoms with Crippen LogP contribution in [0.15, 0.2) is 22.9 Å². The molecule has 0 aliphatic carbocycles. The Morgan fingerprint density at radius 3 is 3.13 bits per heavy atom. The number of thiophene rings is 1. The molecular formula is C17H23N3O2S. The average molecular weight is 333 g/mol. The third-order valence-corrected chi connectivity index (χ3v) is 5.37. The van der Waals surface area contributed by atoms with Gasteiger partial charge in [-0.05, 0) is 36.8 Å². The maximum Gasteiger partial charge on any atom is 0.271 e. The number of hydrogen-bond donors (Lipinski definition) is 2. The number of carbonyl (C=O) groups excluding carboxylic acids is 1. The van der Waals surface area contributed by atoms with Gasteiger partial charge in [0.25, 0.3) is 5.91 Å². The summed E-state index contributed by atoms with van der Waals surface area (Å²) in [5.74, 6) is -0.0207. The molecule has 0 saturated carbocycles. The number of nitrogens with one attached hydrogen (secondary N) is 1. The molecule has 0 aromatic carbocycles. The predicted octanol–water partition coefficient (Wildman–Crippen LogP) is 3.15. The van der Waals surface area contributed by atoms with Crippen LogP contribution in [0, 0.1) is 5.41 Å². The molecule has 3 rings (SSSR count). The van der Waals surface area contributed by atoms with Gasteiger partial charge in [-0.1, -0.05) is 13.3 Å². The Morgan fingerprint density at radius 2 is 2.43 bits per heavy atom. The van der Waals surface area contributed by atoms with Crippen molar-refractivity contribution >= 4 is 17.2 Å². The van der Waals surface area contributed by atoms with E-state index in [1.165, 1.54) is 0 Å². The molecule has 1 amide bonds. The molecule has 0 spiro atoms. The van der Waals surface area contributed by atoms with Gasteiger partial charge in [0.2, 0.25) is 0 Å². The van der Waals surface area contributed by atoms with Crippen molar-refractivity contribution in [3.8, 4) is 11.3 Å². The maximum atomic E-state index is 12.8. The van der Waals surface area contributed by atoms with E-state index in [0.717, 1.165) is 43.5 Å². The molecule has 1 saturated heterocycles. The Labute approximate surface area is 140 Å². The zero-order valence-corrected chi connectivity index (χ0v) is 14.2. The first-order chi connectivity index (χ1) is 11.2. The molecular weight excluding hydrogens is 310 g/mol. The van der Waals surface area contributed by atoms with Crippen LogP contribution in [0.25, 0.3) is 11.3 Å². The lowest BCUT2D eigenvalue weighted by Crippen LogP contribution is -2.48. The molecule has 0 radical (unpaired) electrons. The monoisotopic (exact) mass is 333 g/mol. The van der Waals surface area contributed by atoms with Gasteiger partial charge in [0.1, 0.15) is 5.69 Å². The van der Waals surface area contributed by atoms with E-state index in [9.17, 15) is 9.90 Å². The Hall–Kier alpha value is -1.66. The molecule has 1 aliphatic heterocycles. The number of aromatic nitrogens is 2. The van der Waals surface area contributed by atoms with Crippen LogP contribution < -0.4 is 0 Å². The molecule has 6 heteroatoms. The van der Waals surface area contributed by atoms with Crippen molar-refractivity contribution in [2.45, 2.75) is 32.6 Å². The van der Waals surface area contributed by atoms with E-state index in [4.69, 9.17) is 0 Å². The molecule has 2 aromatic heterocycles. The minimum atomic E-state index is -0.140. The SMILES string of the molecule is CCCC1(CO)CCCN(C(=O)c2cc(-c3ccsc3)n[nH]2)C1. The molecule has 1 aliphatic rings. The van der Waals surface area contributed by atoms with Crippen molar-refractivity contribution in [2.75, 3.05) is 19.7 Å². The number of nitrogens with zero attached hydrogens (tertiary/aromatic N) is 2. The first-order valence-electron chi connectivity index (χ1n) is 8.15. The van der Waals surface area contributed by atoms with Gasteiger partial charge in [-0.15, -0.1) is 0 Å². The van der Waals surface area contributed by atoms with Crippen molar-refractivity contribution in [3.63, 3.8) is 0 Å². The minimum absolute atomic E-state index is 0.0207. The second-order valence-electron chi connectivity index (χ2n) is 6.42. The fourth-order valence-corrected chi connectivity index (χ4v) is 4.13. The number of aliphatic hydroxyl groups excluding tert-OH is 1. The number of aromatic amines is 1. The smallest absolute Gasteiger partial charge is 0.271 e. The lowest BCUT2D eigenvalue weighted by Gasteiger charge is -2.41. The van der Waals surface area contributed by atoms with Gasteiger partial charge in [0, 0.05) is 29.4 Å². The van der Waals surface area contributed by atoms with Crippen LogP contribution >= 0.6 is 11.3 Å². The molecule has 1 atom stereocenters. The summed E-state index contributed by atoms with van der Waals surface area (Å²) < 4.78 is 0. The number of likely N-dealkylation sites (tertiary alicyclic amines) is 1. The molecule has 1 fully saturated rings. The number of amides is 1. The van der Waals surface area contributed by atoms with Gasteiger partial charge < -0.3 is 10.0 Å². The normalized spacial score (nSPS) is 21.6. The van der Waals surface area contributed by atoms with Crippen LogP contribution in [0.5, 0.6) is 0 Å². The Kier molecular flexibility index (Phi) is 4.82. The van der Waals surface area contributed by atoms with Crippen LogP contribution in [0.3, 0.4) is 0 Å². The fourth-order valence-electron chi connectivity index (χ4n) is 3.48. The van der Waals surface area contributed by atoms with E-state index < -0.39 is 0 Å². The standard InChI is InChI=1S/C17H23N3O2S/c1-2-5-17(12-21)6-3-7-20(11-17)16(22)15-9-14(18-19-15)13-4-8-23-10-13/h4,8-10,21H,2-3,5-7,11-12H2,1H3,(H,18,19). The molecule has 0 bridgehead atoms. The van der Waals surface area contributed by atoms with E-state index >= 15 is 0 Å². The van der Waals surface area contributed by atoms with Crippen LogP contribution in [0.2, 0.25) is 0 Å². The van der Waals surface area contributed by atoms with Crippen LogP contribution in [0.1, 0.15) is 43.1 Å². The van der Waals surface area contributed by atoms with Crippen molar-refractivity contribution in [3.05, 3.63) is 28.6 Å². The van der Waals surface area contributed by atoms with E-state index in [-0.39, 0.29) is 17.9 Å². The Morgan fingerprint density at radius 1 is 1.57 bits per heavy atom. The van der Waals surface area contributed by atoms with Gasteiger partial charge >= 0.3 is 0 Å². The largest absolute Gasteiger partial charge is 0.396 e. The number of aliphatic hydroxyl groups is 1. The van der Waals surface area contributed by atoms with Gasteiger partial charge in [-0.3, -0.25) is 9.89 Å². The summed E-state index contributed by atoms with van der Waals surface area (Å²) in [5.41, 5.74) is 2.21. The Balaban J connectivity index is 1.75. The highest BCUT2D eigenvalue weighted by Crippen LogP contribution is 2.34. The first kappa shape index (κ1) is 16.2. The van der Waals surface area contributed by atoms with Gasteiger partial charge in [-0.2, -0.15) is 16.4 Å². The zero-order chi connectivity index (χ0) is 16.3. The third kappa shape index (κ3) is 3.33. The summed E-state index contributed by atoms with van der Waals surface area (Å²) >= 11 is 1.61. The summed E-state index contributed by atoms with van der Waals surface area (Å²) in [6.45, 7) is 3.65. The highest BCUT2D eigenvalue weighted by atomic mass is 32.1. The first-order valence-corrected chi connectivity index (χ1v) is 9.10. The zero-order valence-electron chi connectivity index (χ0n) is 13.4. The molecule has 124 valence electrons. The summed E-state index contributed by atoms with van der Waals surface area (Å²) in [5, 5.41) is 21.0. The van der Waals surface area contributed by atoms with Crippen molar-refractivity contribution in [1.29, 1.82) is 0 Å². The summed E-state index contributed by atoms with van der Waals surface area (Å²) in [6.07, 6.45) is 3.91. The van der Waals surface area contributed by atoms with Gasteiger partial charge in [0.15, 0.2) is 0 Å². The summed E-state index contributed by atoms with van der Waals surface area (Å²) in [4.78, 5) is 14.6. The lowest BCUT2D eigenvalue weighted by molar-refractivity contribution is 0.0219. The van der Waals surface area contributed by atoms with Crippen LogP contribution in [0.4, 0.5) is 0 Å². The fraction of sp³-hybridized carbons (Fsp3) is 0.529. The molecule has 1 unspecified atom stereocenters. The molecule has 23 heavy (non-hydrogen) atoms. The summed E-state index contributed by atoms with van der Waals surface area (Å²) in [7, 11) is 0. The average Bonchev–Trinajstić information content (AvgIpc) is 3.25. The quantitative estimate of drug-likeness (QED) is 0.883. The number of H-pyrrole nitrogens is 1. The molecule has 2 aromatic rings. The number of carbonyl (C=O) groups is 1. The van der Waals surface area contributed by atoms with Gasteiger partial charge in [-0.25, -0.2) is 0 Å². The molecule has 3 heterocycles. The Bertz CT molecular complexity index is 649. The highest BCUT2D eigenvalue weighted by Gasteiger charge is 2.36. The van der Waals surface area contributed by atoms with Gasteiger partial charge in [0.05, 0.1) is 12.3 Å². The van der Waals surface area contributed by atoms with E-state index in [1.54, 1.807) is 11.3 Å². The van der Waals surface area contributed by atoms with E-state index in [2.05, 4.69) is 17.1 Å². The minimum Gasteiger partial charge on any atom is -0.396 e. The predicted molar refractivity (Wildman–Crippen MR) is 91.5 cm³/mol. The van der Waals surface area contributed by atoms with Crippen molar-refractivity contribution < 1.29 is 9.90 Å². The van der Waals surface area contributed by atoms with E-state index in [0.29, 0.717) is 12.2 Å². The number of hydrogen-bond acceptors (Lipinski definition) is 4. The van der Waals surface area contributed by atoms with Crippen molar-refractivity contribution in [1.82, 2.24) is 15.1 Å². The van der Waals surface area contributed by atoms with Crippen molar-refractivity contribution in [2.24, 2.45) is 5.41 Å². The molecule has 5 nitrogen and oxygen atoms in total. The maximum absolute atomic E-state index is 12.8. The topological polar surface area (TPSA) is 69.2 Å².